The molecule has 1 aromatic heterocycles. The molecule has 0 saturated heterocycles. The highest BCUT2D eigenvalue weighted by Crippen LogP contribution is 2.14. The normalized spacial score (nSPS) is 9.90. The molecule has 0 fully saturated rings. The minimum Gasteiger partial charge on any atom is -0.326 e. The van der Waals surface area contributed by atoms with E-state index >= 15 is 0 Å². The van der Waals surface area contributed by atoms with Crippen molar-refractivity contribution < 1.29 is 9.59 Å². The van der Waals surface area contributed by atoms with Crippen molar-refractivity contribution in [1.29, 1.82) is 0 Å². The van der Waals surface area contributed by atoms with Crippen molar-refractivity contribution in [2.45, 2.75) is 6.92 Å². The van der Waals surface area contributed by atoms with Crippen LogP contribution in [0.1, 0.15) is 6.92 Å². The van der Waals surface area contributed by atoms with Gasteiger partial charge < -0.3 is 10.6 Å². The van der Waals surface area contributed by atoms with Crippen molar-refractivity contribution in [3.63, 3.8) is 0 Å². The van der Waals surface area contributed by atoms with E-state index in [9.17, 15) is 9.59 Å². The molecule has 7 heteroatoms. The van der Waals surface area contributed by atoms with Crippen LogP contribution in [0.15, 0.2) is 36.5 Å². The van der Waals surface area contributed by atoms with Crippen LogP contribution in [0.5, 0.6) is 0 Å². The summed E-state index contributed by atoms with van der Waals surface area (Å²) in [5.41, 5.74) is 1.30. The van der Waals surface area contributed by atoms with E-state index in [4.69, 9.17) is 0 Å². The van der Waals surface area contributed by atoms with Gasteiger partial charge in [0, 0.05) is 31.4 Å². The summed E-state index contributed by atoms with van der Waals surface area (Å²) < 4.78 is 1.56. The van der Waals surface area contributed by atoms with Gasteiger partial charge in [-0.25, -0.2) is 4.79 Å². The summed E-state index contributed by atoms with van der Waals surface area (Å²) in [6, 6.07) is 8.16. The van der Waals surface area contributed by atoms with Gasteiger partial charge in [0.2, 0.25) is 5.91 Å². The summed E-state index contributed by atoms with van der Waals surface area (Å²) in [5.74, 6) is 0.456. The molecular formula is C13H15N5O2. The lowest BCUT2D eigenvalue weighted by Crippen LogP contribution is -2.21. The van der Waals surface area contributed by atoms with Crippen LogP contribution in [-0.2, 0) is 11.8 Å². The number of nitrogens with zero attached hydrogens (tertiary/aromatic N) is 2. The lowest BCUT2D eigenvalue weighted by atomic mass is 10.3. The molecule has 0 saturated carbocycles. The fraction of sp³-hybridized carbons (Fsp3) is 0.154. The topological polar surface area (TPSA) is 88.1 Å². The predicted octanol–water partition coefficient (Wildman–Crippen LogP) is 2.02. The van der Waals surface area contributed by atoms with Gasteiger partial charge in [-0.1, -0.05) is 0 Å². The van der Waals surface area contributed by atoms with Crippen LogP contribution in [0.25, 0.3) is 0 Å². The number of benzene rings is 1. The Kier molecular flexibility index (Phi) is 3.99. The Hall–Kier alpha value is -2.83. The van der Waals surface area contributed by atoms with Crippen LogP contribution in [0.3, 0.4) is 0 Å². The number of rotatable bonds is 3. The first-order valence-corrected chi connectivity index (χ1v) is 5.98. The Morgan fingerprint density at radius 3 is 2.10 bits per heavy atom. The molecule has 104 valence electrons. The third kappa shape index (κ3) is 3.58. The largest absolute Gasteiger partial charge is 0.326 e. The van der Waals surface area contributed by atoms with E-state index in [2.05, 4.69) is 21.0 Å². The standard InChI is InChI=1S/C13H15N5O2/c1-9(19)15-10-3-5-11(6-4-10)16-13(20)17-12-7-8-14-18(12)2/h3-8H,1-2H3,(H,15,19)(H2,16,17,20). The van der Waals surface area contributed by atoms with Crippen LogP contribution in [0.2, 0.25) is 0 Å². The van der Waals surface area contributed by atoms with E-state index in [1.165, 1.54) is 6.92 Å². The summed E-state index contributed by atoms with van der Waals surface area (Å²) in [7, 11) is 1.73. The molecule has 1 heterocycles. The maximum absolute atomic E-state index is 11.8. The van der Waals surface area contributed by atoms with E-state index in [0.717, 1.165) is 0 Å². The van der Waals surface area contributed by atoms with Gasteiger partial charge >= 0.3 is 6.03 Å². The average molecular weight is 273 g/mol. The van der Waals surface area contributed by atoms with Gasteiger partial charge in [0.05, 0.1) is 6.20 Å². The highest BCUT2D eigenvalue weighted by Gasteiger charge is 2.05. The molecule has 2 aromatic rings. The van der Waals surface area contributed by atoms with Crippen LogP contribution in [-0.4, -0.2) is 21.7 Å². The minimum absolute atomic E-state index is 0.139. The van der Waals surface area contributed by atoms with Crippen LogP contribution < -0.4 is 16.0 Å². The predicted molar refractivity (Wildman–Crippen MR) is 76.6 cm³/mol. The number of nitrogens with one attached hydrogen (secondary N) is 3. The molecule has 3 amide bonds. The summed E-state index contributed by atoms with van der Waals surface area (Å²) in [6.45, 7) is 1.44. The van der Waals surface area contributed by atoms with E-state index in [1.54, 1.807) is 48.3 Å². The molecule has 0 aliphatic rings. The zero-order chi connectivity index (χ0) is 14.5. The van der Waals surface area contributed by atoms with Crippen molar-refractivity contribution in [3.05, 3.63) is 36.5 Å². The van der Waals surface area contributed by atoms with Crippen LogP contribution in [0.4, 0.5) is 22.0 Å². The maximum Gasteiger partial charge on any atom is 0.324 e. The second kappa shape index (κ2) is 5.87. The first-order valence-electron chi connectivity index (χ1n) is 5.98. The van der Waals surface area contributed by atoms with Crippen molar-refractivity contribution >= 4 is 29.1 Å². The molecular weight excluding hydrogens is 258 g/mol. The van der Waals surface area contributed by atoms with E-state index < -0.39 is 0 Å². The number of carbonyl (C=O) groups is 2. The maximum atomic E-state index is 11.8. The Bertz CT molecular complexity index is 618. The first kappa shape index (κ1) is 13.6. The fourth-order valence-corrected chi connectivity index (χ4v) is 1.62. The molecule has 0 atom stereocenters. The second-order valence-corrected chi connectivity index (χ2v) is 4.18. The monoisotopic (exact) mass is 273 g/mol. The highest BCUT2D eigenvalue weighted by atomic mass is 16.2. The highest BCUT2D eigenvalue weighted by molar-refractivity contribution is 5.99. The number of urea groups is 1. The number of amides is 3. The van der Waals surface area contributed by atoms with Gasteiger partial charge in [-0.05, 0) is 24.3 Å². The number of carbonyl (C=O) groups excluding carboxylic acids is 2. The number of aromatic nitrogens is 2. The van der Waals surface area contributed by atoms with Gasteiger partial charge in [0.25, 0.3) is 0 Å². The summed E-state index contributed by atoms with van der Waals surface area (Å²) in [4.78, 5) is 22.6. The SMILES string of the molecule is CC(=O)Nc1ccc(NC(=O)Nc2ccnn2C)cc1. The number of hydrogen-bond acceptors (Lipinski definition) is 3. The second-order valence-electron chi connectivity index (χ2n) is 4.18. The third-order valence-electron chi connectivity index (χ3n) is 2.53. The first-order chi connectivity index (χ1) is 9.54. The minimum atomic E-state index is -0.360. The molecule has 2 rings (SSSR count). The molecule has 0 aliphatic heterocycles. The third-order valence-corrected chi connectivity index (χ3v) is 2.53. The molecule has 0 bridgehead atoms. The zero-order valence-electron chi connectivity index (χ0n) is 11.2. The smallest absolute Gasteiger partial charge is 0.324 e. The van der Waals surface area contributed by atoms with Gasteiger partial charge in [0.1, 0.15) is 5.82 Å². The number of aryl methyl sites for hydroxylation is 1. The molecule has 0 radical (unpaired) electrons. The van der Waals surface area contributed by atoms with Gasteiger partial charge in [0.15, 0.2) is 0 Å². The van der Waals surface area contributed by atoms with E-state index in [0.29, 0.717) is 17.2 Å². The van der Waals surface area contributed by atoms with Gasteiger partial charge in [-0.2, -0.15) is 5.10 Å². The number of hydrogen-bond donors (Lipinski definition) is 3. The van der Waals surface area contributed by atoms with Crippen molar-refractivity contribution in [1.82, 2.24) is 9.78 Å². The molecule has 1 aromatic carbocycles. The molecule has 0 unspecified atom stereocenters. The Labute approximate surface area is 116 Å². The Morgan fingerprint density at radius 2 is 1.60 bits per heavy atom. The Morgan fingerprint density at radius 1 is 1.00 bits per heavy atom. The zero-order valence-corrected chi connectivity index (χ0v) is 11.2. The molecule has 3 N–H and O–H groups in total. The van der Waals surface area contributed by atoms with Crippen molar-refractivity contribution in [3.8, 4) is 0 Å². The average Bonchev–Trinajstić information content (AvgIpc) is 2.77. The number of anilines is 3. The quantitative estimate of drug-likeness (QED) is 0.799. The van der Waals surface area contributed by atoms with Crippen molar-refractivity contribution in [2.24, 2.45) is 7.05 Å². The lowest BCUT2D eigenvalue weighted by Gasteiger charge is -2.08. The van der Waals surface area contributed by atoms with E-state index in [1.807, 2.05) is 0 Å². The Balaban J connectivity index is 1.94. The van der Waals surface area contributed by atoms with Gasteiger partial charge in [-0.15, -0.1) is 0 Å². The summed E-state index contributed by atoms with van der Waals surface area (Å²) in [5, 5.41) is 12.0. The van der Waals surface area contributed by atoms with Crippen molar-refractivity contribution in [2.75, 3.05) is 16.0 Å². The lowest BCUT2D eigenvalue weighted by molar-refractivity contribution is -0.114. The molecule has 0 spiro atoms. The molecule has 20 heavy (non-hydrogen) atoms. The summed E-state index contributed by atoms with van der Waals surface area (Å²) in [6.07, 6.45) is 1.60. The summed E-state index contributed by atoms with van der Waals surface area (Å²) >= 11 is 0. The molecule has 0 aliphatic carbocycles. The molecule has 7 nitrogen and oxygen atoms in total. The fourth-order valence-electron chi connectivity index (χ4n) is 1.62. The van der Waals surface area contributed by atoms with E-state index in [-0.39, 0.29) is 11.9 Å². The van der Waals surface area contributed by atoms with Crippen LogP contribution >= 0.6 is 0 Å². The van der Waals surface area contributed by atoms with Gasteiger partial charge in [-0.3, -0.25) is 14.8 Å². The van der Waals surface area contributed by atoms with Crippen LogP contribution in [0, 0.1) is 0 Å².